The van der Waals surface area contributed by atoms with Gasteiger partial charge < -0.3 is 0 Å². The zero-order valence-electron chi connectivity index (χ0n) is 7.69. The molecule has 0 radical (unpaired) electrons. The highest BCUT2D eigenvalue weighted by Gasteiger charge is 1.99. The van der Waals surface area contributed by atoms with E-state index in [1.54, 1.807) is 0 Å². The van der Waals surface area contributed by atoms with E-state index in [0.717, 1.165) is 0 Å². The topological polar surface area (TPSA) is 0 Å². The molecule has 1 aromatic rings. The van der Waals surface area contributed by atoms with E-state index in [-0.39, 0.29) is 0 Å². The van der Waals surface area contributed by atoms with Crippen molar-refractivity contribution in [3.63, 3.8) is 0 Å². The molecular formula is C11H13Br. The Morgan fingerprint density at radius 1 is 1.17 bits per heavy atom. The summed E-state index contributed by atoms with van der Waals surface area (Å²) in [6.07, 6.45) is 4.18. The molecule has 0 N–H and O–H groups in total. The van der Waals surface area contributed by atoms with Gasteiger partial charge in [0.05, 0.1) is 0 Å². The van der Waals surface area contributed by atoms with Gasteiger partial charge in [0.25, 0.3) is 0 Å². The molecule has 0 nitrogen and oxygen atoms in total. The second-order valence-corrected chi connectivity index (χ2v) is 3.76. The summed E-state index contributed by atoms with van der Waals surface area (Å²) >= 11 is 3.54. The van der Waals surface area contributed by atoms with Crippen LogP contribution in [0.25, 0.3) is 6.08 Å². The van der Waals surface area contributed by atoms with Crippen LogP contribution < -0.4 is 0 Å². The quantitative estimate of drug-likeness (QED) is 0.674. The monoisotopic (exact) mass is 224 g/mol. The van der Waals surface area contributed by atoms with Gasteiger partial charge in [0.1, 0.15) is 0 Å². The van der Waals surface area contributed by atoms with E-state index in [4.69, 9.17) is 0 Å². The van der Waals surface area contributed by atoms with Gasteiger partial charge in [0.15, 0.2) is 0 Å². The lowest BCUT2D eigenvalue weighted by atomic mass is 10.1. The minimum Gasteiger partial charge on any atom is -0.0871 e. The van der Waals surface area contributed by atoms with Crippen LogP contribution >= 0.6 is 15.9 Å². The van der Waals surface area contributed by atoms with Crippen molar-refractivity contribution in [1.29, 1.82) is 0 Å². The van der Waals surface area contributed by atoms with Gasteiger partial charge in [0.2, 0.25) is 0 Å². The van der Waals surface area contributed by atoms with Crippen LogP contribution in [0.5, 0.6) is 0 Å². The normalized spacial score (nSPS) is 11.0. The Kier molecular flexibility index (Phi) is 3.10. The maximum absolute atomic E-state index is 3.54. The summed E-state index contributed by atoms with van der Waals surface area (Å²) in [7, 11) is 0. The van der Waals surface area contributed by atoms with Crippen molar-refractivity contribution >= 4 is 22.0 Å². The van der Waals surface area contributed by atoms with Gasteiger partial charge in [-0.15, -0.1) is 0 Å². The summed E-state index contributed by atoms with van der Waals surface area (Å²) in [6.45, 7) is 6.26. The van der Waals surface area contributed by atoms with Crippen molar-refractivity contribution < 1.29 is 0 Å². The minimum atomic E-state index is 1.22. The molecular weight excluding hydrogens is 212 g/mol. The highest BCUT2D eigenvalue weighted by atomic mass is 79.9. The summed E-state index contributed by atoms with van der Waals surface area (Å²) in [5, 5.41) is 0. The van der Waals surface area contributed by atoms with Crippen LogP contribution in [0.4, 0.5) is 0 Å². The van der Waals surface area contributed by atoms with Gasteiger partial charge in [-0.3, -0.25) is 0 Å². The first-order chi connectivity index (χ1) is 5.65. The number of hydrogen-bond donors (Lipinski definition) is 0. The van der Waals surface area contributed by atoms with Crippen molar-refractivity contribution in [3.05, 3.63) is 39.4 Å². The van der Waals surface area contributed by atoms with Crippen LogP contribution in [0.15, 0.2) is 22.7 Å². The summed E-state index contributed by atoms with van der Waals surface area (Å²) in [4.78, 5) is 0. The molecule has 0 heterocycles. The number of rotatable bonds is 1. The lowest BCUT2D eigenvalue weighted by molar-refractivity contribution is 1.33. The van der Waals surface area contributed by atoms with E-state index in [1.807, 2.05) is 6.92 Å². The molecule has 64 valence electrons. The van der Waals surface area contributed by atoms with E-state index >= 15 is 0 Å². The first kappa shape index (κ1) is 9.53. The van der Waals surface area contributed by atoms with Gasteiger partial charge in [-0.25, -0.2) is 0 Å². The fraction of sp³-hybridized carbons (Fsp3) is 0.273. The minimum absolute atomic E-state index is 1.22. The standard InChI is InChI=1S/C11H13Br/c1-4-5-10-6-8(2)11(12)9(3)7-10/h4-7H,1-3H3/b5-4+. The van der Waals surface area contributed by atoms with Gasteiger partial charge in [-0.1, -0.05) is 40.2 Å². The molecule has 0 aliphatic rings. The highest BCUT2D eigenvalue weighted by molar-refractivity contribution is 9.10. The molecule has 1 rings (SSSR count). The van der Waals surface area contributed by atoms with Gasteiger partial charge >= 0.3 is 0 Å². The molecule has 0 bridgehead atoms. The van der Waals surface area contributed by atoms with E-state index in [1.165, 1.54) is 21.2 Å². The predicted molar refractivity (Wildman–Crippen MR) is 58.3 cm³/mol. The zero-order valence-corrected chi connectivity index (χ0v) is 9.27. The van der Waals surface area contributed by atoms with E-state index in [0.29, 0.717) is 0 Å². The number of aryl methyl sites for hydroxylation is 2. The average molecular weight is 225 g/mol. The maximum atomic E-state index is 3.54. The molecule has 1 aromatic carbocycles. The summed E-state index contributed by atoms with van der Waals surface area (Å²) < 4.78 is 1.22. The van der Waals surface area contributed by atoms with Crippen molar-refractivity contribution in [3.8, 4) is 0 Å². The third kappa shape index (κ3) is 1.98. The summed E-state index contributed by atoms with van der Waals surface area (Å²) in [6, 6.07) is 4.36. The van der Waals surface area contributed by atoms with Crippen molar-refractivity contribution in [1.82, 2.24) is 0 Å². The lowest BCUT2D eigenvalue weighted by Gasteiger charge is -2.04. The first-order valence-electron chi connectivity index (χ1n) is 4.04. The third-order valence-corrected chi connectivity index (χ3v) is 3.07. The number of hydrogen-bond acceptors (Lipinski definition) is 0. The second kappa shape index (κ2) is 3.90. The number of halogens is 1. The smallest absolute Gasteiger partial charge is 0.0234 e. The van der Waals surface area contributed by atoms with Crippen LogP contribution in [-0.2, 0) is 0 Å². The fourth-order valence-electron chi connectivity index (χ4n) is 1.27. The molecule has 0 aromatic heterocycles. The van der Waals surface area contributed by atoms with Crippen molar-refractivity contribution in [2.24, 2.45) is 0 Å². The maximum Gasteiger partial charge on any atom is 0.0234 e. The van der Waals surface area contributed by atoms with Gasteiger partial charge in [-0.2, -0.15) is 0 Å². The van der Waals surface area contributed by atoms with Crippen LogP contribution in [0, 0.1) is 13.8 Å². The van der Waals surface area contributed by atoms with E-state index in [9.17, 15) is 0 Å². The third-order valence-electron chi connectivity index (χ3n) is 1.82. The second-order valence-electron chi connectivity index (χ2n) is 2.97. The SMILES string of the molecule is C/C=C/c1cc(C)c(Br)c(C)c1. The van der Waals surface area contributed by atoms with Crippen molar-refractivity contribution in [2.45, 2.75) is 20.8 Å². The Morgan fingerprint density at radius 2 is 1.67 bits per heavy atom. The molecule has 0 fully saturated rings. The molecule has 0 amide bonds. The average Bonchev–Trinajstić information content (AvgIpc) is 2.01. The molecule has 0 spiro atoms. The van der Waals surface area contributed by atoms with Crippen LogP contribution in [0.3, 0.4) is 0 Å². The van der Waals surface area contributed by atoms with Crippen molar-refractivity contribution in [2.75, 3.05) is 0 Å². The lowest BCUT2D eigenvalue weighted by Crippen LogP contribution is -1.83. The molecule has 0 aliphatic heterocycles. The van der Waals surface area contributed by atoms with Crippen LogP contribution in [-0.4, -0.2) is 0 Å². The van der Waals surface area contributed by atoms with Gasteiger partial charge in [0, 0.05) is 4.47 Å². The first-order valence-corrected chi connectivity index (χ1v) is 4.84. The zero-order chi connectivity index (χ0) is 9.14. The Bertz CT molecular complexity index is 288. The number of benzene rings is 1. The summed E-state index contributed by atoms with van der Waals surface area (Å²) in [5.74, 6) is 0. The van der Waals surface area contributed by atoms with E-state index < -0.39 is 0 Å². The predicted octanol–water partition coefficient (Wildman–Crippen LogP) is 4.10. The molecule has 1 heteroatoms. The largest absolute Gasteiger partial charge is 0.0871 e. The Labute approximate surface area is 82.4 Å². The van der Waals surface area contributed by atoms with E-state index in [2.05, 4.69) is 54.1 Å². The molecule has 0 unspecified atom stereocenters. The Hall–Kier alpha value is -0.560. The van der Waals surface area contributed by atoms with Gasteiger partial charge in [-0.05, 0) is 37.5 Å². The molecule has 0 saturated carbocycles. The Morgan fingerprint density at radius 3 is 2.08 bits per heavy atom. The highest BCUT2D eigenvalue weighted by Crippen LogP contribution is 2.22. The number of allylic oxidation sites excluding steroid dienone is 1. The molecule has 0 aliphatic carbocycles. The summed E-state index contributed by atoms with van der Waals surface area (Å²) in [5.41, 5.74) is 3.86. The fourth-order valence-corrected chi connectivity index (χ4v) is 1.50. The Balaban J connectivity index is 3.21. The van der Waals surface area contributed by atoms with Crippen LogP contribution in [0.2, 0.25) is 0 Å². The molecule has 0 saturated heterocycles. The molecule has 12 heavy (non-hydrogen) atoms. The molecule has 0 atom stereocenters. The van der Waals surface area contributed by atoms with Crippen LogP contribution in [0.1, 0.15) is 23.6 Å².